The second kappa shape index (κ2) is 3.96. The number of hydrogen-bond acceptors (Lipinski definition) is 2. The van der Waals surface area contributed by atoms with E-state index in [-0.39, 0.29) is 5.75 Å². The van der Waals surface area contributed by atoms with Crippen LogP contribution in [0.2, 0.25) is 0 Å². The van der Waals surface area contributed by atoms with Crippen molar-refractivity contribution in [2.75, 3.05) is 13.1 Å². The van der Waals surface area contributed by atoms with Crippen molar-refractivity contribution in [1.82, 2.24) is 4.90 Å². The summed E-state index contributed by atoms with van der Waals surface area (Å²) in [6.07, 6.45) is 2.39. The Morgan fingerprint density at radius 2 is 2.00 bits per heavy atom. The molecule has 0 atom stereocenters. The Balaban J connectivity index is 2.11. The molecule has 0 unspecified atom stereocenters. The molecule has 76 valence electrons. The molecule has 1 aliphatic rings. The van der Waals surface area contributed by atoms with Gasteiger partial charge in [-0.2, -0.15) is 0 Å². The molecular weight excluding hydrogens is 181 g/mol. The molecule has 1 fully saturated rings. The van der Waals surface area contributed by atoms with Crippen molar-refractivity contribution in [1.29, 1.82) is 0 Å². The van der Waals surface area contributed by atoms with E-state index in [1.54, 1.807) is 12.1 Å². The first-order valence-electron chi connectivity index (χ1n) is 4.96. The van der Waals surface area contributed by atoms with Crippen LogP contribution in [-0.4, -0.2) is 23.1 Å². The number of nitrogens with zero attached hydrogens (tertiary/aromatic N) is 1. The summed E-state index contributed by atoms with van der Waals surface area (Å²) in [4.78, 5) is 2.21. The van der Waals surface area contributed by atoms with Crippen molar-refractivity contribution in [2.24, 2.45) is 0 Å². The van der Waals surface area contributed by atoms with Crippen LogP contribution in [0.15, 0.2) is 18.2 Å². The van der Waals surface area contributed by atoms with E-state index in [2.05, 4.69) is 4.90 Å². The highest BCUT2D eigenvalue weighted by Crippen LogP contribution is 2.21. The van der Waals surface area contributed by atoms with E-state index >= 15 is 0 Å². The Kier molecular flexibility index (Phi) is 2.68. The fourth-order valence-electron chi connectivity index (χ4n) is 1.87. The maximum atomic E-state index is 13.4. The van der Waals surface area contributed by atoms with E-state index in [0.29, 0.717) is 12.1 Å². The van der Waals surface area contributed by atoms with Crippen LogP contribution in [0.5, 0.6) is 5.75 Å². The van der Waals surface area contributed by atoms with E-state index in [9.17, 15) is 9.50 Å². The molecule has 0 spiro atoms. The molecule has 0 saturated carbocycles. The van der Waals surface area contributed by atoms with Gasteiger partial charge in [0.25, 0.3) is 0 Å². The predicted molar refractivity (Wildman–Crippen MR) is 52.6 cm³/mol. The maximum Gasteiger partial charge on any atom is 0.169 e. The van der Waals surface area contributed by atoms with Gasteiger partial charge in [-0.3, -0.25) is 4.90 Å². The van der Waals surface area contributed by atoms with Crippen LogP contribution in [0.4, 0.5) is 4.39 Å². The van der Waals surface area contributed by atoms with E-state index in [1.165, 1.54) is 18.9 Å². The van der Waals surface area contributed by atoms with Gasteiger partial charge in [-0.15, -0.1) is 0 Å². The molecular formula is C11H14FNO. The van der Waals surface area contributed by atoms with E-state index in [1.807, 2.05) is 0 Å². The number of benzene rings is 1. The van der Waals surface area contributed by atoms with Crippen LogP contribution in [0.25, 0.3) is 0 Å². The van der Waals surface area contributed by atoms with Crippen LogP contribution < -0.4 is 0 Å². The van der Waals surface area contributed by atoms with E-state index in [0.717, 1.165) is 13.1 Å². The van der Waals surface area contributed by atoms with Gasteiger partial charge in [-0.05, 0) is 32.0 Å². The number of phenols is 1. The average molecular weight is 195 g/mol. The molecule has 1 aromatic rings. The van der Waals surface area contributed by atoms with Crippen LogP contribution in [0.1, 0.15) is 18.4 Å². The van der Waals surface area contributed by atoms with Gasteiger partial charge in [0.05, 0.1) is 0 Å². The summed E-state index contributed by atoms with van der Waals surface area (Å²) in [5, 5.41) is 9.18. The SMILES string of the molecule is Oc1cccc(CN2CCCC2)c1F. The zero-order chi connectivity index (χ0) is 9.97. The van der Waals surface area contributed by atoms with Gasteiger partial charge in [0, 0.05) is 12.1 Å². The third kappa shape index (κ3) is 1.87. The summed E-state index contributed by atoms with van der Waals surface area (Å²) in [6, 6.07) is 4.79. The predicted octanol–water partition coefficient (Wildman–Crippen LogP) is 2.13. The number of aromatic hydroxyl groups is 1. The first-order chi connectivity index (χ1) is 6.77. The molecule has 0 aromatic heterocycles. The second-order valence-corrected chi connectivity index (χ2v) is 3.73. The van der Waals surface area contributed by atoms with Crippen molar-refractivity contribution in [3.05, 3.63) is 29.6 Å². The molecule has 0 bridgehead atoms. The number of rotatable bonds is 2. The lowest BCUT2D eigenvalue weighted by Crippen LogP contribution is -2.19. The molecule has 0 amide bonds. The summed E-state index contributed by atoms with van der Waals surface area (Å²) in [5.41, 5.74) is 0.590. The average Bonchev–Trinajstić information content (AvgIpc) is 2.66. The summed E-state index contributed by atoms with van der Waals surface area (Å²) < 4.78 is 13.4. The first kappa shape index (κ1) is 9.46. The lowest BCUT2D eigenvalue weighted by atomic mass is 10.2. The molecule has 3 heteroatoms. The van der Waals surface area contributed by atoms with Crippen LogP contribution >= 0.6 is 0 Å². The normalized spacial score (nSPS) is 17.5. The minimum Gasteiger partial charge on any atom is -0.505 e. The highest BCUT2D eigenvalue weighted by atomic mass is 19.1. The van der Waals surface area contributed by atoms with Gasteiger partial charge in [0.1, 0.15) is 0 Å². The van der Waals surface area contributed by atoms with Crippen molar-refractivity contribution < 1.29 is 9.50 Å². The minimum atomic E-state index is -0.473. The van der Waals surface area contributed by atoms with Gasteiger partial charge in [-0.1, -0.05) is 12.1 Å². The van der Waals surface area contributed by atoms with Crippen LogP contribution in [-0.2, 0) is 6.54 Å². The standard InChI is InChI=1S/C11H14FNO/c12-11-9(4-3-5-10(11)14)8-13-6-1-2-7-13/h3-5,14H,1-2,6-8H2. The molecule has 1 aromatic carbocycles. The van der Waals surface area contributed by atoms with Crippen molar-refractivity contribution >= 4 is 0 Å². The van der Waals surface area contributed by atoms with Gasteiger partial charge in [0.15, 0.2) is 11.6 Å². The molecule has 1 N–H and O–H groups in total. The lowest BCUT2D eigenvalue weighted by Gasteiger charge is -2.15. The minimum absolute atomic E-state index is 0.248. The largest absolute Gasteiger partial charge is 0.505 e. The Hall–Kier alpha value is -1.09. The summed E-state index contributed by atoms with van der Waals surface area (Å²) in [7, 11) is 0. The lowest BCUT2D eigenvalue weighted by molar-refractivity contribution is 0.322. The third-order valence-corrected chi connectivity index (χ3v) is 2.65. The van der Waals surface area contributed by atoms with Crippen molar-refractivity contribution in [3.8, 4) is 5.75 Å². The quantitative estimate of drug-likeness (QED) is 0.781. The second-order valence-electron chi connectivity index (χ2n) is 3.73. The molecule has 1 saturated heterocycles. The topological polar surface area (TPSA) is 23.5 Å². The molecule has 1 heterocycles. The molecule has 14 heavy (non-hydrogen) atoms. The summed E-state index contributed by atoms with van der Waals surface area (Å²) in [6.45, 7) is 2.68. The highest BCUT2D eigenvalue weighted by Gasteiger charge is 2.14. The maximum absolute atomic E-state index is 13.4. The van der Waals surface area contributed by atoms with Crippen LogP contribution in [0.3, 0.4) is 0 Å². The molecule has 2 rings (SSSR count). The van der Waals surface area contributed by atoms with E-state index < -0.39 is 5.82 Å². The van der Waals surface area contributed by atoms with Crippen molar-refractivity contribution in [2.45, 2.75) is 19.4 Å². The number of phenolic OH excluding ortho intramolecular Hbond substituents is 1. The Bertz CT molecular complexity index is 321. The highest BCUT2D eigenvalue weighted by molar-refractivity contribution is 5.29. The molecule has 2 nitrogen and oxygen atoms in total. The molecule has 1 aliphatic heterocycles. The zero-order valence-electron chi connectivity index (χ0n) is 8.04. The molecule has 0 aliphatic carbocycles. The van der Waals surface area contributed by atoms with Gasteiger partial charge < -0.3 is 5.11 Å². The van der Waals surface area contributed by atoms with Crippen LogP contribution in [0, 0.1) is 5.82 Å². The Morgan fingerprint density at radius 3 is 2.71 bits per heavy atom. The Labute approximate surface area is 83.0 Å². The smallest absolute Gasteiger partial charge is 0.169 e. The third-order valence-electron chi connectivity index (χ3n) is 2.65. The Morgan fingerprint density at radius 1 is 1.29 bits per heavy atom. The van der Waals surface area contributed by atoms with E-state index in [4.69, 9.17) is 0 Å². The molecule has 0 radical (unpaired) electrons. The fraction of sp³-hybridized carbons (Fsp3) is 0.455. The number of halogens is 1. The number of likely N-dealkylation sites (tertiary alicyclic amines) is 1. The van der Waals surface area contributed by atoms with Gasteiger partial charge in [0.2, 0.25) is 0 Å². The zero-order valence-corrected chi connectivity index (χ0v) is 8.04. The van der Waals surface area contributed by atoms with Gasteiger partial charge in [-0.25, -0.2) is 4.39 Å². The first-order valence-corrected chi connectivity index (χ1v) is 4.96. The number of hydrogen-bond donors (Lipinski definition) is 1. The van der Waals surface area contributed by atoms with Gasteiger partial charge >= 0.3 is 0 Å². The summed E-state index contributed by atoms with van der Waals surface area (Å²) in [5.74, 6) is -0.721. The monoisotopic (exact) mass is 195 g/mol. The van der Waals surface area contributed by atoms with Crippen molar-refractivity contribution in [3.63, 3.8) is 0 Å². The summed E-state index contributed by atoms with van der Waals surface area (Å²) >= 11 is 0. The fourth-order valence-corrected chi connectivity index (χ4v) is 1.87.